The van der Waals surface area contributed by atoms with Crippen LogP contribution in [0.15, 0.2) is 53.0 Å². The van der Waals surface area contributed by atoms with Crippen LogP contribution in [0.25, 0.3) is 0 Å². The van der Waals surface area contributed by atoms with Gasteiger partial charge in [-0.3, -0.25) is 9.59 Å². The highest BCUT2D eigenvalue weighted by Gasteiger charge is 2.24. The van der Waals surface area contributed by atoms with E-state index in [-0.39, 0.29) is 24.3 Å². The van der Waals surface area contributed by atoms with Gasteiger partial charge in [-0.15, -0.1) is 0 Å². The summed E-state index contributed by atoms with van der Waals surface area (Å²) in [4.78, 5) is 26.9. The first-order valence-electron chi connectivity index (χ1n) is 8.64. The van der Waals surface area contributed by atoms with Crippen molar-refractivity contribution in [2.45, 2.75) is 12.8 Å². The first-order valence-corrected chi connectivity index (χ1v) is 9.43. The van der Waals surface area contributed by atoms with Crippen molar-refractivity contribution in [3.63, 3.8) is 0 Å². The molecule has 26 heavy (non-hydrogen) atoms. The molecule has 0 saturated carbocycles. The number of benzene rings is 2. The van der Waals surface area contributed by atoms with Crippen LogP contribution in [0, 0.1) is 5.92 Å². The molecule has 2 N–H and O–H groups in total. The third-order valence-electron chi connectivity index (χ3n) is 4.54. The Kier molecular flexibility index (Phi) is 6.06. The van der Waals surface area contributed by atoms with E-state index in [4.69, 9.17) is 0 Å². The van der Waals surface area contributed by atoms with Crippen LogP contribution in [0.4, 0.5) is 5.69 Å². The second kappa shape index (κ2) is 8.47. The number of piperidine rings is 1. The lowest BCUT2D eigenvalue weighted by Gasteiger charge is -2.32. The van der Waals surface area contributed by atoms with Crippen molar-refractivity contribution in [1.82, 2.24) is 4.90 Å². The normalized spacial score (nSPS) is 17.0. The Hall–Kier alpha value is -2.18. The maximum absolute atomic E-state index is 12.7. The fourth-order valence-corrected chi connectivity index (χ4v) is 3.38. The third-order valence-corrected chi connectivity index (χ3v) is 5.07. The summed E-state index contributed by atoms with van der Waals surface area (Å²) >= 11 is 3.34. The van der Waals surface area contributed by atoms with Gasteiger partial charge in [0.25, 0.3) is 11.8 Å². The van der Waals surface area contributed by atoms with Crippen molar-refractivity contribution in [3.8, 4) is 0 Å². The molecule has 0 aliphatic carbocycles. The summed E-state index contributed by atoms with van der Waals surface area (Å²) in [6, 6.07) is 14.1. The SMILES string of the molecule is O=C(Nc1cccc(C(=O)N2CCCC(CO)C2)c1)c1ccc(Br)cc1. The molecule has 0 aromatic heterocycles. The molecular weight excluding hydrogens is 396 g/mol. The fourth-order valence-electron chi connectivity index (χ4n) is 3.12. The van der Waals surface area contributed by atoms with E-state index in [0.717, 1.165) is 17.3 Å². The number of halogens is 1. The lowest BCUT2D eigenvalue weighted by molar-refractivity contribution is 0.0620. The van der Waals surface area contributed by atoms with Crippen molar-refractivity contribution in [3.05, 3.63) is 64.1 Å². The van der Waals surface area contributed by atoms with Crippen molar-refractivity contribution >= 4 is 33.4 Å². The van der Waals surface area contributed by atoms with E-state index in [1.165, 1.54) is 0 Å². The van der Waals surface area contributed by atoms with E-state index < -0.39 is 0 Å². The van der Waals surface area contributed by atoms with Crippen molar-refractivity contribution < 1.29 is 14.7 Å². The quantitative estimate of drug-likeness (QED) is 0.800. The Morgan fingerprint density at radius 2 is 1.92 bits per heavy atom. The molecule has 1 aliphatic rings. The van der Waals surface area contributed by atoms with Crippen LogP contribution < -0.4 is 5.32 Å². The predicted molar refractivity (Wildman–Crippen MR) is 104 cm³/mol. The zero-order valence-corrected chi connectivity index (χ0v) is 15.9. The first-order chi connectivity index (χ1) is 12.6. The smallest absolute Gasteiger partial charge is 0.255 e. The number of hydrogen-bond donors (Lipinski definition) is 2. The number of amides is 2. The Labute approximate surface area is 161 Å². The van der Waals surface area contributed by atoms with Gasteiger partial charge in [-0.25, -0.2) is 0 Å². The molecule has 2 aromatic rings. The van der Waals surface area contributed by atoms with Crippen LogP contribution in [0.5, 0.6) is 0 Å². The predicted octanol–water partition coefficient (Wildman–Crippen LogP) is 3.55. The van der Waals surface area contributed by atoms with E-state index in [9.17, 15) is 14.7 Å². The fraction of sp³-hybridized carbons (Fsp3) is 0.300. The number of anilines is 1. The molecule has 0 spiro atoms. The highest BCUT2D eigenvalue weighted by atomic mass is 79.9. The van der Waals surface area contributed by atoms with E-state index >= 15 is 0 Å². The van der Waals surface area contributed by atoms with Crippen LogP contribution in [-0.4, -0.2) is 41.5 Å². The average Bonchev–Trinajstić information content (AvgIpc) is 2.68. The summed E-state index contributed by atoms with van der Waals surface area (Å²) in [5.41, 5.74) is 1.67. The Morgan fingerprint density at radius 3 is 2.65 bits per heavy atom. The van der Waals surface area contributed by atoms with E-state index in [1.807, 2.05) is 12.1 Å². The number of hydrogen-bond acceptors (Lipinski definition) is 3. The number of nitrogens with zero attached hydrogens (tertiary/aromatic N) is 1. The van der Waals surface area contributed by atoms with Crippen molar-refractivity contribution in [1.29, 1.82) is 0 Å². The second-order valence-electron chi connectivity index (χ2n) is 6.48. The lowest BCUT2D eigenvalue weighted by Crippen LogP contribution is -2.40. The molecule has 1 heterocycles. The Morgan fingerprint density at radius 1 is 1.15 bits per heavy atom. The van der Waals surface area contributed by atoms with Crippen LogP contribution >= 0.6 is 15.9 Å². The van der Waals surface area contributed by atoms with E-state index in [0.29, 0.717) is 29.9 Å². The average molecular weight is 417 g/mol. The number of rotatable bonds is 4. The minimum absolute atomic E-state index is 0.0668. The Bertz CT molecular complexity index is 792. The molecule has 3 rings (SSSR count). The zero-order valence-electron chi connectivity index (χ0n) is 14.3. The minimum Gasteiger partial charge on any atom is -0.396 e. The van der Waals surface area contributed by atoms with Crippen LogP contribution in [0.2, 0.25) is 0 Å². The van der Waals surface area contributed by atoms with Gasteiger partial charge in [-0.1, -0.05) is 22.0 Å². The highest BCUT2D eigenvalue weighted by molar-refractivity contribution is 9.10. The number of carbonyl (C=O) groups is 2. The molecule has 136 valence electrons. The van der Waals surface area contributed by atoms with E-state index in [2.05, 4.69) is 21.2 Å². The van der Waals surface area contributed by atoms with Gasteiger partial charge in [-0.05, 0) is 61.2 Å². The van der Waals surface area contributed by atoms with E-state index in [1.54, 1.807) is 41.3 Å². The molecule has 2 aromatic carbocycles. The summed E-state index contributed by atoms with van der Waals surface area (Å²) < 4.78 is 0.907. The van der Waals surface area contributed by atoms with Gasteiger partial charge in [0, 0.05) is 41.0 Å². The Balaban J connectivity index is 1.70. The van der Waals surface area contributed by atoms with Gasteiger partial charge in [0.05, 0.1) is 0 Å². The van der Waals surface area contributed by atoms with Crippen molar-refractivity contribution in [2.75, 3.05) is 25.0 Å². The molecule has 1 aliphatic heterocycles. The third kappa shape index (κ3) is 4.51. The van der Waals surface area contributed by atoms with Crippen molar-refractivity contribution in [2.24, 2.45) is 5.92 Å². The van der Waals surface area contributed by atoms with Crippen LogP contribution in [0.3, 0.4) is 0 Å². The molecule has 2 amide bonds. The number of aliphatic hydroxyl groups excluding tert-OH is 1. The number of aliphatic hydroxyl groups is 1. The standard InChI is InChI=1S/C20H21BrN2O3/c21-17-8-6-15(7-9-17)19(25)22-18-5-1-4-16(11-18)20(26)23-10-2-3-14(12-23)13-24/h1,4-9,11,14,24H,2-3,10,12-13H2,(H,22,25). The summed E-state index contributed by atoms with van der Waals surface area (Å²) in [7, 11) is 0. The maximum Gasteiger partial charge on any atom is 0.255 e. The van der Waals surface area contributed by atoms with Gasteiger partial charge in [0.2, 0.25) is 0 Å². The molecular formula is C20H21BrN2O3. The number of likely N-dealkylation sites (tertiary alicyclic amines) is 1. The zero-order chi connectivity index (χ0) is 18.5. The molecule has 1 saturated heterocycles. The molecule has 5 nitrogen and oxygen atoms in total. The largest absolute Gasteiger partial charge is 0.396 e. The summed E-state index contributed by atoms with van der Waals surface area (Å²) in [6.07, 6.45) is 1.85. The highest BCUT2D eigenvalue weighted by Crippen LogP contribution is 2.20. The van der Waals surface area contributed by atoms with Gasteiger partial charge in [0.1, 0.15) is 0 Å². The second-order valence-corrected chi connectivity index (χ2v) is 7.40. The van der Waals surface area contributed by atoms with Gasteiger partial charge in [-0.2, -0.15) is 0 Å². The number of nitrogens with one attached hydrogen (secondary N) is 1. The molecule has 0 bridgehead atoms. The summed E-state index contributed by atoms with van der Waals surface area (Å²) in [6.45, 7) is 1.38. The minimum atomic E-state index is -0.222. The monoisotopic (exact) mass is 416 g/mol. The van der Waals surface area contributed by atoms with Crippen LogP contribution in [-0.2, 0) is 0 Å². The van der Waals surface area contributed by atoms with Gasteiger partial charge in [0.15, 0.2) is 0 Å². The maximum atomic E-state index is 12.7. The van der Waals surface area contributed by atoms with Gasteiger partial charge < -0.3 is 15.3 Å². The lowest BCUT2D eigenvalue weighted by atomic mass is 9.98. The molecule has 1 atom stereocenters. The summed E-state index contributed by atoms with van der Waals surface area (Å²) in [5, 5.41) is 12.2. The molecule has 1 fully saturated rings. The van der Waals surface area contributed by atoms with Crippen LogP contribution in [0.1, 0.15) is 33.6 Å². The molecule has 0 radical (unpaired) electrons. The topological polar surface area (TPSA) is 69.6 Å². The summed E-state index contributed by atoms with van der Waals surface area (Å²) in [5.74, 6) is -0.142. The first kappa shape index (κ1) is 18.6. The molecule has 6 heteroatoms. The molecule has 1 unspecified atom stereocenters. The number of carbonyl (C=O) groups excluding carboxylic acids is 2. The van der Waals surface area contributed by atoms with Gasteiger partial charge >= 0.3 is 0 Å².